The Morgan fingerprint density at radius 3 is 2.45 bits per heavy atom. The van der Waals surface area contributed by atoms with Crippen molar-refractivity contribution in [3.8, 4) is 0 Å². The van der Waals surface area contributed by atoms with Gasteiger partial charge in [-0.3, -0.25) is 4.79 Å². The largest absolute Gasteiger partial charge is 0.471 e. The van der Waals surface area contributed by atoms with Crippen molar-refractivity contribution in [3.05, 3.63) is 47.5 Å². The highest BCUT2D eigenvalue weighted by Crippen LogP contribution is 2.35. The number of carbonyl (C=O) groups is 1. The highest BCUT2D eigenvalue weighted by molar-refractivity contribution is 6.41. The average molecular weight is 325 g/mol. The van der Waals surface area contributed by atoms with E-state index in [9.17, 15) is 18.0 Å². The molecule has 0 fully saturated rings. The lowest BCUT2D eigenvalue weighted by molar-refractivity contribution is -0.167. The number of hydrogen-bond donors (Lipinski definition) is 1. The molecule has 0 radical (unpaired) electrons. The molecule has 3 nitrogen and oxygen atoms in total. The molecule has 1 aromatic heterocycles. The topological polar surface area (TPSA) is 42.0 Å². The molecule has 0 aliphatic carbocycles. The van der Waals surface area contributed by atoms with Crippen molar-refractivity contribution in [2.75, 3.05) is 5.32 Å². The van der Waals surface area contributed by atoms with Crippen molar-refractivity contribution in [2.45, 2.75) is 6.18 Å². The van der Waals surface area contributed by atoms with E-state index in [1.807, 2.05) is 5.32 Å². The lowest BCUT2D eigenvalue weighted by Gasteiger charge is -2.12. The Hall–Kier alpha value is -2.34. The highest BCUT2D eigenvalue weighted by atomic mass is 35.5. The summed E-state index contributed by atoms with van der Waals surface area (Å²) in [6, 6.07) is 11.5. The van der Waals surface area contributed by atoms with Gasteiger partial charge in [0.2, 0.25) is 0 Å². The number of nitrogens with one attached hydrogen (secondary N) is 1. The number of amides is 1. The number of halogens is 4. The van der Waals surface area contributed by atoms with Crippen LogP contribution >= 0.6 is 11.6 Å². The molecule has 0 atom stereocenters. The number of aromatic nitrogens is 1. The predicted molar refractivity (Wildman–Crippen MR) is 78.9 cm³/mol. The summed E-state index contributed by atoms with van der Waals surface area (Å²) in [5.74, 6) is -2.05. The molecule has 0 bridgehead atoms. The molecule has 3 aromatic rings. The van der Waals surface area contributed by atoms with E-state index in [-0.39, 0.29) is 16.1 Å². The van der Waals surface area contributed by atoms with Crippen LogP contribution in [0.2, 0.25) is 5.02 Å². The number of pyridine rings is 1. The Bertz CT molecular complexity index is 893. The van der Waals surface area contributed by atoms with E-state index in [4.69, 9.17) is 11.6 Å². The van der Waals surface area contributed by atoms with Crippen LogP contribution < -0.4 is 5.32 Å². The molecule has 22 heavy (non-hydrogen) atoms. The summed E-state index contributed by atoms with van der Waals surface area (Å²) in [6.45, 7) is 0. The van der Waals surface area contributed by atoms with Gasteiger partial charge >= 0.3 is 12.1 Å². The minimum Gasteiger partial charge on any atom is -0.318 e. The Balaban J connectivity index is 2.24. The molecular weight excluding hydrogens is 317 g/mol. The van der Waals surface area contributed by atoms with Crippen LogP contribution in [0.25, 0.3) is 21.8 Å². The van der Waals surface area contributed by atoms with Crippen LogP contribution in [0, 0.1) is 0 Å². The monoisotopic (exact) mass is 324 g/mol. The van der Waals surface area contributed by atoms with Crippen LogP contribution in [0.1, 0.15) is 0 Å². The molecule has 0 aliphatic heterocycles. The van der Waals surface area contributed by atoms with Gasteiger partial charge < -0.3 is 5.32 Å². The summed E-state index contributed by atoms with van der Waals surface area (Å²) in [5, 5.41) is 2.97. The highest BCUT2D eigenvalue weighted by Gasteiger charge is 2.39. The molecule has 1 amide bonds. The summed E-state index contributed by atoms with van der Waals surface area (Å²) in [6.07, 6.45) is -4.97. The first kappa shape index (κ1) is 14.6. The second-order valence-corrected chi connectivity index (χ2v) is 4.97. The normalized spacial score (nSPS) is 11.8. The first-order chi connectivity index (χ1) is 10.4. The summed E-state index contributed by atoms with van der Waals surface area (Å²) in [5.41, 5.74) is 1.01. The molecule has 0 saturated heterocycles. The number of fused-ring (bicyclic) bond motifs is 2. The van der Waals surface area contributed by atoms with Crippen LogP contribution in [0.5, 0.6) is 0 Å². The first-order valence-corrected chi connectivity index (χ1v) is 6.61. The molecule has 0 spiro atoms. The smallest absolute Gasteiger partial charge is 0.318 e. The Kier molecular flexibility index (Phi) is 3.41. The van der Waals surface area contributed by atoms with Crippen LogP contribution in [0.3, 0.4) is 0 Å². The third-order valence-corrected chi connectivity index (χ3v) is 3.54. The van der Waals surface area contributed by atoms with Crippen LogP contribution in [0.4, 0.5) is 18.9 Å². The molecule has 7 heteroatoms. The Morgan fingerprint density at radius 1 is 1.05 bits per heavy atom. The summed E-state index contributed by atoms with van der Waals surface area (Å²) in [4.78, 5) is 15.5. The van der Waals surface area contributed by atoms with Gasteiger partial charge in [-0.15, -0.1) is 0 Å². The van der Waals surface area contributed by atoms with E-state index in [0.717, 1.165) is 0 Å². The predicted octanol–water partition coefficient (Wildman–Crippen LogP) is 4.54. The third-order valence-electron chi connectivity index (χ3n) is 3.15. The number of anilines is 1. The van der Waals surface area contributed by atoms with Gasteiger partial charge in [-0.25, -0.2) is 4.98 Å². The zero-order valence-electron chi connectivity index (χ0n) is 10.9. The van der Waals surface area contributed by atoms with Crippen LogP contribution in [0.15, 0.2) is 42.5 Å². The van der Waals surface area contributed by atoms with Crippen molar-refractivity contribution in [2.24, 2.45) is 0 Å². The van der Waals surface area contributed by atoms with Gasteiger partial charge in [0.15, 0.2) is 0 Å². The van der Waals surface area contributed by atoms with Crippen molar-refractivity contribution in [1.29, 1.82) is 0 Å². The molecule has 1 N–H and O–H groups in total. The average Bonchev–Trinajstić information content (AvgIpc) is 2.46. The SMILES string of the molecule is O=C(Nc1cccc2nc3ccccc3c(Cl)c12)C(F)(F)F. The minimum atomic E-state index is -4.97. The van der Waals surface area contributed by atoms with E-state index >= 15 is 0 Å². The summed E-state index contributed by atoms with van der Waals surface area (Å²) in [7, 11) is 0. The summed E-state index contributed by atoms with van der Waals surface area (Å²) < 4.78 is 37.3. The first-order valence-electron chi connectivity index (χ1n) is 6.23. The lowest BCUT2D eigenvalue weighted by atomic mass is 10.1. The van der Waals surface area contributed by atoms with E-state index in [1.54, 1.807) is 30.3 Å². The third kappa shape index (κ3) is 2.46. The van der Waals surface area contributed by atoms with Crippen molar-refractivity contribution < 1.29 is 18.0 Å². The number of nitrogens with zero attached hydrogens (tertiary/aromatic N) is 1. The van der Waals surface area contributed by atoms with E-state index in [0.29, 0.717) is 16.4 Å². The van der Waals surface area contributed by atoms with Crippen LogP contribution in [-0.4, -0.2) is 17.1 Å². The molecular formula is C15H8ClF3N2O. The molecule has 0 unspecified atom stereocenters. The minimum absolute atomic E-state index is 0.0249. The van der Waals surface area contributed by atoms with Gasteiger partial charge in [0, 0.05) is 10.8 Å². The summed E-state index contributed by atoms with van der Waals surface area (Å²) >= 11 is 6.30. The van der Waals surface area contributed by atoms with Crippen molar-refractivity contribution in [3.63, 3.8) is 0 Å². The number of rotatable bonds is 1. The quantitative estimate of drug-likeness (QED) is 0.668. The van der Waals surface area contributed by atoms with Gasteiger partial charge in [0.1, 0.15) is 0 Å². The molecule has 0 aliphatic rings. The van der Waals surface area contributed by atoms with Crippen molar-refractivity contribution in [1.82, 2.24) is 4.98 Å². The van der Waals surface area contributed by atoms with Crippen LogP contribution in [-0.2, 0) is 4.79 Å². The number of para-hydroxylation sites is 1. The molecule has 112 valence electrons. The zero-order valence-corrected chi connectivity index (χ0v) is 11.7. The fourth-order valence-corrected chi connectivity index (χ4v) is 2.54. The maximum atomic E-state index is 12.4. The van der Waals surface area contributed by atoms with Gasteiger partial charge in [-0.2, -0.15) is 13.2 Å². The molecule has 0 saturated carbocycles. The second kappa shape index (κ2) is 5.14. The fourth-order valence-electron chi connectivity index (χ4n) is 2.18. The number of hydrogen-bond acceptors (Lipinski definition) is 2. The van der Waals surface area contributed by atoms with Gasteiger partial charge in [0.05, 0.1) is 21.7 Å². The molecule has 3 rings (SSSR count). The fraction of sp³-hybridized carbons (Fsp3) is 0.0667. The van der Waals surface area contributed by atoms with Gasteiger partial charge in [0.25, 0.3) is 0 Å². The van der Waals surface area contributed by atoms with E-state index in [2.05, 4.69) is 4.98 Å². The van der Waals surface area contributed by atoms with E-state index in [1.165, 1.54) is 12.1 Å². The molecule has 2 aromatic carbocycles. The maximum Gasteiger partial charge on any atom is 0.471 e. The standard InChI is InChI=1S/C15H8ClF3N2O/c16-13-8-4-1-2-5-9(8)20-10-6-3-7-11(12(10)13)21-14(22)15(17,18)19/h1-7H,(H,21,22). The lowest BCUT2D eigenvalue weighted by Crippen LogP contribution is -2.30. The number of carbonyl (C=O) groups excluding carboxylic acids is 1. The van der Waals surface area contributed by atoms with Gasteiger partial charge in [-0.1, -0.05) is 35.9 Å². The Morgan fingerprint density at radius 2 is 1.73 bits per heavy atom. The Labute approximate surface area is 127 Å². The second-order valence-electron chi connectivity index (χ2n) is 4.59. The number of benzene rings is 2. The molecule has 1 heterocycles. The van der Waals surface area contributed by atoms with E-state index < -0.39 is 12.1 Å². The zero-order chi connectivity index (χ0) is 15.9. The number of alkyl halides is 3. The maximum absolute atomic E-state index is 12.4. The van der Waals surface area contributed by atoms with Gasteiger partial charge in [-0.05, 0) is 18.2 Å². The van der Waals surface area contributed by atoms with Crippen molar-refractivity contribution >= 4 is 45.0 Å².